The lowest BCUT2D eigenvalue weighted by Crippen LogP contribution is -2.41. The molecule has 1 saturated carbocycles. The molecule has 1 amide bonds. The minimum Gasteiger partial charge on any atom is -0.399 e. The Balaban J connectivity index is 1.31. The molecule has 3 N–H and O–H groups in total. The van der Waals surface area contributed by atoms with Gasteiger partial charge in [0.25, 0.3) is 17.2 Å². The number of hydrogen-bond acceptors (Lipinski definition) is 5. The molecule has 230 valence electrons. The quantitative estimate of drug-likeness (QED) is 0.191. The van der Waals surface area contributed by atoms with E-state index in [0.717, 1.165) is 18.4 Å². The zero-order valence-corrected chi connectivity index (χ0v) is 26.4. The maximum Gasteiger partial charge on any atom is 0.497 e. The molecule has 0 radical (unpaired) electrons. The van der Waals surface area contributed by atoms with Crippen LogP contribution >= 0.6 is 11.6 Å². The minimum atomic E-state index is -2.39. The van der Waals surface area contributed by atoms with E-state index in [-0.39, 0.29) is 24.4 Å². The first kappa shape index (κ1) is 30.7. The fourth-order valence-electron chi connectivity index (χ4n) is 5.48. The summed E-state index contributed by atoms with van der Waals surface area (Å²) >= 11 is 3.67. The van der Waals surface area contributed by atoms with Crippen molar-refractivity contribution in [2.75, 3.05) is 10.8 Å². The molecular formula is C31H33BClFN4O5S. The molecule has 1 atom stereocenters. The van der Waals surface area contributed by atoms with E-state index in [1.54, 1.807) is 42.6 Å². The predicted octanol–water partition coefficient (Wildman–Crippen LogP) is 5.26. The average molecular weight is 639 g/mol. The number of fused-ring (bicyclic) bond motifs is 1. The zero-order chi connectivity index (χ0) is 31.6. The smallest absolute Gasteiger partial charge is 0.399 e. The number of aromatic nitrogens is 2. The Kier molecular flexibility index (Phi) is 7.86. The van der Waals surface area contributed by atoms with Crippen LogP contribution in [0.5, 0.6) is 0 Å². The summed E-state index contributed by atoms with van der Waals surface area (Å²) < 4.78 is 53.3. The van der Waals surface area contributed by atoms with Crippen LogP contribution in [0.15, 0.2) is 54.7 Å². The minimum absolute atomic E-state index is 0.123. The molecule has 4 aromatic rings. The first-order chi connectivity index (χ1) is 20.8. The van der Waals surface area contributed by atoms with E-state index in [0.29, 0.717) is 38.5 Å². The topological polar surface area (TPSA) is 119 Å². The summed E-state index contributed by atoms with van der Waals surface area (Å²) in [6, 6.07) is 13.6. The van der Waals surface area contributed by atoms with Gasteiger partial charge in [-0.25, -0.2) is 13.1 Å². The van der Waals surface area contributed by atoms with Crippen molar-refractivity contribution < 1.29 is 27.3 Å². The van der Waals surface area contributed by atoms with Crippen molar-refractivity contribution in [3.63, 3.8) is 0 Å². The van der Waals surface area contributed by atoms with Gasteiger partial charge in [-0.05, 0) is 88.3 Å². The Morgan fingerprint density at radius 2 is 1.82 bits per heavy atom. The van der Waals surface area contributed by atoms with Crippen LogP contribution in [-0.2, 0) is 27.0 Å². The Bertz CT molecular complexity index is 1780. The fraction of sp³-hybridized carbons (Fsp3) is 0.355. The number of amides is 1. The van der Waals surface area contributed by atoms with E-state index in [9.17, 15) is 13.6 Å². The van der Waals surface area contributed by atoms with Crippen molar-refractivity contribution in [2.45, 2.75) is 64.1 Å². The van der Waals surface area contributed by atoms with Crippen LogP contribution in [0, 0.1) is 5.82 Å². The molecule has 2 fully saturated rings. The molecule has 0 spiro atoms. The first-order valence-corrected chi connectivity index (χ1v) is 15.8. The summed E-state index contributed by atoms with van der Waals surface area (Å²) in [5, 5.41) is 5.19. The number of carbonyl (C=O) groups is 1. The van der Waals surface area contributed by atoms with Crippen LogP contribution in [0.3, 0.4) is 0 Å². The zero-order valence-electron chi connectivity index (χ0n) is 24.8. The molecule has 0 bridgehead atoms. The molecule has 2 aromatic carbocycles. The van der Waals surface area contributed by atoms with Gasteiger partial charge in [-0.2, -0.15) is 5.10 Å². The van der Waals surface area contributed by atoms with Gasteiger partial charge in [0.05, 0.1) is 34.2 Å². The van der Waals surface area contributed by atoms with Gasteiger partial charge in [-0.15, -0.1) is 0 Å². The number of primary amides is 1. The maximum atomic E-state index is 15.3. The molecule has 9 nitrogen and oxygen atoms in total. The third-order valence-electron chi connectivity index (χ3n) is 8.79. The predicted molar refractivity (Wildman–Crippen MR) is 170 cm³/mol. The van der Waals surface area contributed by atoms with Gasteiger partial charge in [0.2, 0.25) is 0 Å². The van der Waals surface area contributed by atoms with Gasteiger partial charge in [-0.1, -0.05) is 35.9 Å². The van der Waals surface area contributed by atoms with Crippen molar-refractivity contribution >= 4 is 52.6 Å². The monoisotopic (exact) mass is 638 g/mol. The highest BCUT2D eigenvalue weighted by Gasteiger charge is 2.52. The van der Waals surface area contributed by atoms with Crippen molar-refractivity contribution in [2.24, 2.45) is 5.73 Å². The highest BCUT2D eigenvalue weighted by molar-refractivity contribution is 7.80. The highest BCUT2D eigenvalue weighted by atomic mass is 35.5. The number of hydrogen-bond donors (Lipinski definition) is 2. The van der Waals surface area contributed by atoms with Gasteiger partial charge < -0.3 is 15.0 Å². The number of nitrogens with zero attached hydrogens (tertiary/aromatic N) is 3. The molecule has 3 heterocycles. The number of benzene rings is 2. The molecule has 2 aromatic heterocycles. The first-order valence-electron chi connectivity index (χ1n) is 14.4. The molecule has 1 aliphatic heterocycles. The lowest BCUT2D eigenvalue weighted by molar-refractivity contribution is 0.00578. The van der Waals surface area contributed by atoms with E-state index in [4.69, 9.17) is 26.6 Å². The van der Waals surface area contributed by atoms with Crippen LogP contribution in [-0.4, -0.2) is 49.1 Å². The summed E-state index contributed by atoms with van der Waals surface area (Å²) in [6.07, 6.45) is 3.76. The lowest BCUT2D eigenvalue weighted by atomic mass is 9.78. The summed E-state index contributed by atoms with van der Waals surface area (Å²) in [5.74, 6) is -0.941. The number of carbonyl (C=O) groups excluding carboxylic acids is 1. The van der Waals surface area contributed by atoms with Gasteiger partial charge in [0.15, 0.2) is 0 Å². The average Bonchev–Trinajstić information content (AvgIpc) is 3.67. The number of anilines is 1. The van der Waals surface area contributed by atoms with Crippen LogP contribution in [0.2, 0.25) is 5.02 Å². The summed E-state index contributed by atoms with van der Waals surface area (Å²) in [6.45, 7) is 7.76. The third kappa shape index (κ3) is 5.65. The summed E-state index contributed by atoms with van der Waals surface area (Å²) in [4.78, 5) is 12.6. The number of pyridine rings is 1. The van der Waals surface area contributed by atoms with Crippen molar-refractivity contribution in [3.8, 4) is 11.3 Å². The molecule has 1 saturated heterocycles. The van der Waals surface area contributed by atoms with Crippen LogP contribution in [0.25, 0.3) is 16.8 Å². The summed E-state index contributed by atoms with van der Waals surface area (Å²) in [5.41, 5.74) is 8.73. The largest absolute Gasteiger partial charge is 0.497 e. The Labute approximate surface area is 263 Å². The molecule has 1 unspecified atom stereocenters. The molecule has 2 aliphatic rings. The van der Waals surface area contributed by atoms with Gasteiger partial charge in [-0.3, -0.25) is 13.7 Å². The molecule has 44 heavy (non-hydrogen) atoms. The van der Waals surface area contributed by atoms with Gasteiger partial charge >= 0.3 is 7.12 Å². The fourth-order valence-corrected chi connectivity index (χ4v) is 6.17. The van der Waals surface area contributed by atoms with E-state index in [2.05, 4.69) is 5.10 Å². The molecule has 6 rings (SSSR count). The van der Waals surface area contributed by atoms with E-state index in [1.165, 1.54) is 14.9 Å². The van der Waals surface area contributed by atoms with Crippen LogP contribution in [0.1, 0.15) is 67.9 Å². The second-order valence-corrected chi connectivity index (χ2v) is 13.7. The second-order valence-electron chi connectivity index (χ2n) is 12.3. The normalized spacial score (nSPS) is 18.1. The van der Waals surface area contributed by atoms with Crippen molar-refractivity contribution in [1.29, 1.82) is 0 Å². The Hall–Kier alpha value is -3.29. The number of nitrogens with two attached hydrogens (primary N) is 1. The second kappa shape index (κ2) is 11.3. The molecule has 1 aliphatic carbocycles. The molecular weight excluding hydrogens is 606 g/mol. The molecule has 13 heteroatoms. The number of rotatable bonds is 9. The van der Waals surface area contributed by atoms with E-state index in [1.807, 2.05) is 33.8 Å². The van der Waals surface area contributed by atoms with Gasteiger partial charge in [0.1, 0.15) is 11.5 Å². The Morgan fingerprint density at radius 3 is 2.39 bits per heavy atom. The van der Waals surface area contributed by atoms with E-state index < -0.39 is 41.3 Å². The standard InChI is InChI=1S/C31H33BClFN4O5S/c1-30(2)31(3,4)43-32(42-30)23-12-5-18(15-24(23)34)13-14-38(44(40)41)26-17-37-25(16-22(26)19-6-7-19)27(29(35)39)28(36-37)20-8-10-21(33)11-9-20/h5,8-12,15-17,19H,6-7,13-14H2,1-4H3,(H2,35,39)(H,40,41). The summed E-state index contributed by atoms with van der Waals surface area (Å²) in [7, 11) is -0.833. The van der Waals surface area contributed by atoms with Crippen molar-refractivity contribution in [3.05, 3.63) is 82.3 Å². The maximum absolute atomic E-state index is 15.3. The third-order valence-corrected chi connectivity index (χ3v) is 9.80. The number of halogens is 2. The van der Waals surface area contributed by atoms with Crippen LogP contribution in [0.4, 0.5) is 10.1 Å². The lowest BCUT2D eigenvalue weighted by Gasteiger charge is -2.32. The highest BCUT2D eigenvalue weighted by Crippen LogP contribution is 2.46. The Morgan fingerprint density at radius 1 is 1.16 bits per heavy atom. The van der Waals surface area contributed by atoms with Gasteiger partial charge in [0, 0.05) is 22.6 Å². The van der Waals surface area contributed by atoms with E-state index >= 15 is 4.39 Å². The van der Waals surface area contributed by atoms with Crippen LogP contribution < -0.4 is 15.5 Å². The SMILES string of the molecule is CC1(C)OB(c2ccc(CCN(c3cn4nc(-c5ccc(Cl)cc5)c(C(N)=O)c4cc3C3CC3)S(=O)O)cc2F)OC1(C)C. The van der Waals surface area contributed by atoms with Crippen molar-refractivity contribution in [1.82, 2.24) is 9.61 Å².